The van der Waals surface area contributed by atoms with Crippen molar-refractivity contribution in [2.24, 2.45) is 0 Å². The summed E-state index contributed by atoms with van der Waals surface area (Å²) in [6.07, 6.45) is 2.08. The van der Waals surface area contributed by atoms with Gasteiger partial charge in [-0.15, -0.1) is 0 Å². The zero-order valence-electron chi connectivity index (χ0n) is 5.86. The first-order chi connectivity index (χ1) is 4.43. The topological polar surface area (TPSA) is 57.0 Å². The number of hydrogen-bond donors (Lipinski definition) is 0. The van der Waals surface area contributed by atoms with Crippen LogP contribution in [0.1, 0.15) is 5.56 Å². The van der Waals surface area contributed by atoms with Gasteiger partial charge in [-0.05, 0) is 0 Å². The van der Waals surface area contributed by atoms with Gasteiger partial charge in [0.1, 0.15) is 0 Å². The van der Waals surface area contributed by atoms with Gasteiger partial charge in [0.2, 0.25) is 0 Å². The van der Waals surface area contributed by atoms with Gasteiger partial charge in [0, 0.05) is 0 Å². The van der Waals surface area contributed by atoms with Crippen molar-refractivity contribution in [3.63, 3.8) is 0 Å². The fourth-order valence-electron chi connectivity index (χ4n) is 0.660. The van der Waals surface area contributed by atoms with Crippen LogP contribution < -0.4 is 0 Å². The molecule has 1 aromatic rings. The fourth-order valence-corrected chi connectivity index (χ4v) is 0.961. The molecule has 0 spiro atoms. The number of rotatable bonds is 1. The van der Waals surface area contributed by atoms with E-state index in [9.17, 15) is 0 Å². The quantitative estimate of drug-likeness (QED) is 0.597. The molecule has 0 bridgehead atoms. The van der Waals surface area contributed by atoms with E-state index in [1.54, 1.807) is 0 Å². The molecule has 11 heavy (non-hydrogen) atoms. The molecule has 0 fully saturated rings. The summed E-state index contributed by atoms with van der Waals surface area (Å²) < 4.78 is 2.04. The van der Waals surface area contributed by atoms with Crippen LogP contribution in [0.25, 0.3) is 6.08 Å². The second-order valence-corrected chi connectivity index (χ2v) is 2.26. The van der Waals surface area contributed by atoms with Gasteiger partial charge in [0.05, 0.1) is 0 Å². The zero-order chi connectivity index (χ0) is 6.53. The maximum absolute atomic E-state index is 2.08. The fraction of sp³-hybridized carbons (Fsp3) is 0. The van der Waals surface area contributed by atoms with Crippen LogP contribution in [0.2, 0.25) is 0 Å². The summed E-state index contributed by atoms with van der Waals surface area (Å²) in [5, 5.41) is 0. The zero-order valence-corrected chi connectivity index (χ0v) is 7.42. The third-order valence-electron chi connectivity index (χ3n) is 1.08. The van der Waals surface area contributed by atoms with Crippen molar-refractivity contribution in [1.82, 2.24) is 0 Å². The second kappa shape index (κ2) is 7.70. The molecule has 0 saturated carbocycles. The van der Waals surface area contributed by atoms with E-state index in [2.05, 4.69) is 18.2 Å². The summed E-state index contributed by atoms with van der Waals surface area (Å²) in [6, 6.07) is 10.3. The molecule has 0 heterocycles. The van der Waals surface area contributed by atoms with Crippen LogP contribution in [-0.4, -0.2) is 0 Å². The normalized spacial score (nSPS) is 8.55. The van der Waals surface area contributed by atoms with Gasteiger partial charge in [-0.25, -0.2) is 0 Å². The molecule has 0 aliphatic carbocycles. The molecule has 2 nitrogen and oxygen atoms in total. The third-order valence-corrected chi connectivity index (χ3v) is 1.34. The van der Waals surface area contributed by atoms with E-state index in [1.165, 1.54) is 5.56 Å². The van der Waals surface area contributed by atoms with E-state index >= 15 is 0 Å². The standard InChI is InChI=1S/C8H7.2O.Ti/c1-2-8-6-4-3-5-7-8;;;/h1-7H;;;/q;2*-2;+4. The SMILES string of the molecule is [O-2].[O-2].[Ti+4][CH]=Cc1ccccc1. The van der Waals surface area contributed by atoms with Gasteiger partial charge >= 0.3 is 66.8 Å². The van der Waals surface area contributed by atoms with Crippen molar-refractivity contribution in [2.75, 3.05) is 0 Å². The van der Waals surface area contributed by atoms with Crippen LogP contribution in [0, 0.1) is 0 Å². The van der Waals surface area contributed by atoms with Crippen molar-refractivity contribution in [3.05, 3.63) is 40.3 Å². The van der Waals surface area contributed by atoms with E-state index in [-0.39, 0.29) is 11.0 Å². The molecule has 0 unspecified atom stereocenters. The predicted octanol–water partition coefficient (Wildman–Crippen LogP) is 1.97. The van der Waals surface area contributed by atoms with Crippen LogP contribution in [0.5, 0.6) is 0 Å². The van der Waals surface area contributed by atoms with E-state index < -0.39 is 0 Å². The molecule has 0 radical (unpaired) electrons. The Labute approximate surface area is 78.0 Å². The van der Waals surface area contributed by atoms with E-state index in [1.807, 2.05) is 43.0 Å². The van der Waals surface area contributed by atoms with Crippen molar-refractivity contribution < 1.29 is 31.4 Å². The summed E-state index contributed by atoms with van der Waals surface area (Å²) in [5.74, 6) is 0. The molecule has 55 valence electrons. The van der Waals surface area contributed by atoms with Crippen LogP contribution >= 0.6 is 0 Å². The van der Waals surface area contributed by atoms with Crippen LogP contribution in [0.3, 0.4) is 0 Å². The monoisotopic (exact) mass is 183 g/mol. The first-order valence-corrected chi connectivity index (χ1v) is 3.72. The van der Waals surface area contributed by atoms with Crippen LogP contribution in [0.4, 0.5) is 0 Å². The van der Waals surface area contributed by atoms with Gasteiger partial charge in [-0.3, -0.25) is 0 Å². The Morgan fingerprint density at radius 3 is 2.00 bits per heavy atom. The first-order valence-electron chi connectivity index (χ1n) is 2.82. The molecule has 0 amide bonds. The second-order valence-electron chi connectivity index (χ2n) is 1.74. The average Bonchev–Trinajstić information content (AvgIpc) is 1.91. The Kier molecular flexibility index (Phi) is 9.24. The van der Waals surface area contributed by atoms with Crippen molar-refractivity contribution in [3.8, 4) is 0 Å². The summed E-state index contributed by atoms with van der Waals surface area (Å²) in [4.78, 5) is 0. The molecule has 1 rings (SSSR count). The van der Waals surface area contributed by atoms with Gasteiger partial charge in [-0.1, -0.05) is 0 Å². The Hall–Kier alpha value is -0.406. The first kappa shape index (κ1) is 13.2. The minimum atomic E-state index is 0. The van der Waals surface area contributed by atoms with Crippen molar-refractivity contribution in [1.29, 1.82) is 0 Å². The van der Waals surface area contributed by atoms with Crippen molar-refractivity contribution >= 4 is 6.08 Å². The summed E-state index contributed by atoms with van der Waals surface area (Å²) >= 11 is 2.02. The molecule has 0 N–H and O–H groups in total. The molecule has 0 aliphatic rings. The Morgan fingerprint density at radius 1 is 1.00 bits per heavy atom. The Balaban J connectivity index is 0. The molecular weight excluding hydrogens is 176 g/mol. The average molecular weight is 183 g/mol. The Morgan fingerprint density at radius 2 is 1.55 bits per heavy atom. The predicted molar refractivity (Wildman–Crippen MR) is 36.8 cm³/mol. The van der Waals surface area contributed by atoms with Crippen LogP contribution in [0.15, 0.2) is 34.7 Å². The minimum absolute atomic E-state index is 0. The number of benzene rings is 1. The maximum atomic E-state index is 2.08. The molecule has 3 heteroatoms. The molecule has 0 atom stereocenters. The summed E-state index contributed by atoms with van der Waals surface area (Å²) in [6.45, 7) is 0. The summed E-state index contributed by atoms with van der Waals surface area (Å²) in [7, 11) is 0. The molecule has 0 aromatic heterocycles. The summed E-state index contributed by atoms with van der Waals surface area (Å²) in [5.41, 5.74) is 1.26. The van der Waals surface area contributed by atoms with Gasteiger partial charge < -0.3 is 11.0 Å². The Bertz CT molecular complexity index is 197. The van der Waals surface area contributed by atoms with E-state index in [4.69, 9.17) is 0 Å². The molecular formula is C8H7O2Ti. The molecule has 0 saturated heterocycles. The van der Waals surface area contributed by atoms with Gasteiger partial charge in [0.15, 0.2) is 0 Å². The van der Waals surface area contributed by atoms with E-state index in [0.29, 0.717) is 0 Å². The number of hydrogen-bond acceptors (Lipinski definition) is 0. The van der Waals surface area contributed by atoms with Crippen molar-refractivity contribution in [2.45, 2.75) is 0 Å². The van der Waals surface area contributed by atoms with Gasteiger partial charge in [0.25, 0.3) is 0 Å². The molecule has 0 aliphatic heterocycles. The third kappa shape index (κ3) is 4.93. The molecule has 1 aromatic carbocycles. The van der Waals surface area contributed by atoms with Gasteiger partial charge in [-0.2, -0.15) is 0 Å². The van der Waals surface area contributed by atoms with Crippen LogP contribution in [-0.2, 0) is 31.4 Å². The van der Waals surface area contributed by atoms with E-state index in [0.717, 1.165) is 0 Å².